The van der Waals surface area contributed by atoms with Crippen molar-refractivity contribution in [3.63, 3.8) is 0 Å². The Morgan fingerprint density at radius 2 is 1.14 bits per heavy atom. The molecule has 0 radical (unpaired) electrons. The Labute approximate surface area is 268 Å². The Morgan fingerprint density at radius 1 is 0.636 bits per heavy atom. The van der Waals surface area contributed by atoms with Crippen LogP contribution < -0.4 is 18.9 Å². The zero-order valence-electron chi connectivity index (χ0n) is 29.0. The van der Waals surface area contributed by atoms with Crippen LogP contribution in [0, 0.1) is 0 Å². The predicted octanol–water partition coefficient (Wildman–Crippen LogP) is 11.4. The van der Waals surface area contributed by atoms with Gasteiger partial charge in [0.25, 0.3) is 0 Å². The van der Waals surface area contributed by atoms with Crippen LogP contribution in [-0.4, -0.2) is 30.2 Å². The Kier molecular flexibility index (Phi) is 17.7. The first-order chi connectivity index (χ1) is 21.2. The van der Waals surface area contributed by atoms with Crippen LogP contribution >= 0.6 is 0 Å². The average molecular weight is 609 g/mol. The van der Waals surface area contributed by atoms with Crippen molar-refractivity contribution in [1.82, 2.24) is 0 Å². The Balaban J connectivity index is 2.42. The molecule has 0 saturated carbocycles. The monoisotopic (exact) mass is 608 g/mol. The van der Waals surface area contributed by atoms with Crippen LogP contribution in [0.1, 0.15) is 148 Å². The smallest absolute Gasteiger partial charge is 0.189 e. The molecule has 0 aliphatic heterocycles. The number of carbonyl (C=O) groups excluding carboxylic acids is 1. The highest BCUT2D eigenvalue weighted by Crippen LogP contribution is 2.35. The highest BCUT2D eigenvalue weighted by Gasteiger charge is 2.20. The van der Waals surface area contributed by atoms with Crippen molar-refractivity contribution in [1.29, 1.82) is 0 Å². The summed E-state index contributed by atoms with van der Waals surface area (Å²) in [5.74, 6) is 2.54. The first-order valence-electron chi connectivity index (χ1n) is 17.4. The summed E-state index contributed by atoms with van der Waals surface area (Å²) in [5, 5.41) is 0. The van der Waals surface area contributed by atoms with Crippen LogP contribution in [-0.2, 0) is 0 Å². The van der Waals surface area contributed by atoms with Crippen LogP contribution in [0.25, 0.3) is 6.08 Å². The van der Waals surface area contributed by atoms with Crippen LogP contribution in [0.5, 0.6) is 23.0 Å². The number of unbranched alkanes of at least 4 members (excludes halogenated alkanes) is 4. The first-order valence-corrected chi connectivity index (χ1v) is 17.4. The number of hydrogen-bond donors (Lipinski definition) is 0. The molecule has 44 heavy (non-hydrogen) atoms. The minimum absolute atomic E-state index is 0.0287. The van der Waals surface area contributed by atoms with E-state index in [0.717, 1.165) is 94.1 Å². The number of para-hydroxylation sites is 1. The Bertz CT molecular complexity index is 1120. The lowest BCUT2D eigenvalue weighted by Crippen LogP contribution is -2.17. The fourth-order valence-electron chi connectivity index (χ4n) is 5.09. The van der Waals surface area contributed by atoms with E-state index in [1.165, 1.54) is 0 Å². The van der Waals surface area contributed by atoms with Crippen LogP contribution in [0.2, 0.25) is 0 Å². The Hall–Kier alpha value is -2.95. The highest BCUT2D eigenvalue weighted by atomic mass is 16.5. The number of rotatable bonds is 23. The third-order valence-corrected chi connectivity index (χ3v) is 7.81. The summed E-state index contributed by atoms with van der Waals surface area (Å²) >= 11 is 0. The van der Waals surface area contributed by atoms with E-state index in [4.69, 9.17) is 18.9 Å². The second kappa shape index (κ2) is 20.9. The van der Waals surface area contributed by atoms with Crippen molar-refractivity contribution >= 4 is 11.9 Å². The van der Waals surface area contributed by atoms with E-state index in [9.17, 15) is 4.79 Å². The molecule has 0 aromatic heterocycles. The molecule has 0 saturated heterocycles. The zero-order chi connectivity index (χ0) is 32.3. The molecule has 5 nitrogen and oxygen atoms in total. The molecular formula is C39H60O5. The minimum atomic E-state index is -0.137. The molecule has 4 atom stereocenters. The van der Waals surface area contributed by atoms with Gasteiger partial charge in [-0.1, -0.05) is 85.1 Å². The molecule has 0 amide bonds. The second-order valence-corrected chi connectivity index (χ2v) is 12.3. The van der Waals surface area contributed by atoms with Crippen LogP contribution in [0.15, 0.2) is 42.5 Å². The molecule has 0 bridgehead atoms. The standard InChI is InChI=1S/C39H60O5/c1-9-13-18-29(5)41-34-25-27-37(42-30(6)19-14-10-2)33(28-34)24-26-36(40)35-22-17-23-38(43-31(7)20-15-11-3)39(35)44-32(8)21-16-12-4/h17,22-32H,9-16,18-21H2,1-8H3. The summed E-state index contributed by atoms with van der Waals surface area (Å²) < 4.78 is 25.4. The first kappa shape index (κ1) is 37.2. The molecule has 0 heterocycles. The van der Waals surface area contributed by atoms with Gasteiger partial charge in [0.2, 0.25) is 0 Å². The molecule has 2 rings (SSSR count). The van der Waals surface area contributed by atoms with E-state index in [1.54, 1.807) is 6.08 Å². The van der Waals surface area contributed by atoms with Crippen molar-refractivity contribution in [3.8, 4) is 23.0 Å². The third-order valence-electron chi connectivity index (χ3n) is 7.81. The number of hydrogen-bond acceptors (Lipinski definition) is 5. The van der Waals surface area contributed by atoms with Gasteiger partial charge in [0.05, 0.1) is 30.0 Å². The van der Waals surface area contributed by atoms with E-state index in [-0.39, 0.29) is 30.2 Å². The van der Waals surface area contributed by atoms with Crippen molar-refractivity contribution in [2.75, 3.05) is 0 Å². The van der Waals surface area contributed by atoms with Gasteiger partial charge in [-0.2, -0.15) is 0 Å². The van der Waals surface area contributed by atoms with Gasteiger partial charge < -0.3 is 18.9 Å². The van der Waals surface area contributed by atoms with Gasteiger partial charge in [-0.3, -0.25) is 4.79 Å². The maximum atomic E-state index is 13.8. The molecule has 0 spiro atoms. The number of ketones is 1. The molecular weight excluding hydrogens is 548 g/mol. The maximum absolute atomic E-state index is 13.8. The summed E-state index contributed by atoms with van der Waals surface area (Å²) in [5.41, 5.74) is 1.32. The minimum Gasteiger partial charge on any atom is -0.491 e. The van der Waals surface area contributed by atoms with Crippen molar-refractivity contribution < 1.29 is 23.7 Å². The normalized spacial score (nSPS) is 14.2. The number of carbonyl (C=O) groups is 1. The van der Waals surface area contributed by atoms with Gasteiger partial charge >= 0.3 is 0 Å². The van der Waals surface area contributed by atoms with E-state index < -0.39 is 0 Å². The van der Waals surface area contributed by atoms with Gasteiger partial charge in [-0.15, -0.1) is 0 Å². The van der Waals surface area contributed by atoms with E-state index in [2.05, 4.69) is 55.4 Å². The SMILES string of the molecule is CCCCC(C)Oc1ccc(OC(C)CCCC)c(C=CC(=O)c2cccc(OC(C)CCCC)c2OC(C)CCCC)c1. The second-order valence-electron chi connectivity index (χ2n) is 12.3. The van der Waals surface area contributed by atoms with Gasteiger partial charge in [0.15, 0.2) is 17.3 Å². The molecule has 0 fully saturated rings. The summed E-state index contributed by atoms with van der Waals surface area (Å²) in [4.78, 5) is 13.8. The molecule has 0 aliphatic carbocycles. The van der Waals surface area contributed by atoms with Crippen molar-refractivity contribution in [3.05, 3.63) is 53.6 Å². The number of ether oxygens (including phenoxy) is 4. The van der Waals surface area contributed by atoms with E-state index in [1.807, 2.05) is 42.5 Å². The summed E-state index contributed by atoms with van der Waals surface area (Å²) in [6.45, 7) is 17.1. The lowest BCUT2D eigenvalue weighted by Gasteiger charge is -2.22. The lowest BCUT2D eigenvalue weighted by atomic mass is 10.1. The summed E-state index contributed by atoms with van der Waals surface area (Å²) in [7, 11) is 0. The summed E-state index contributed by atoms with van der Waals surface area (Å²) in [6.07, 6.45) is 16.3. The number of benzene rings is 2. The van der Waals surface area contributed by atoms with Crippen LogP contribution in [0.3, 0.4) is 0 Å². The van der Waals surface area contributed by atoms with Gasteiger partial charge in [-0.25, -0.2) is 0 Å². The van der Waals surface area contributed by atoms with Crippen molar-refractivity contribution in [2.45, 2.75) is 157 Å². The quantitative estimate of drug-likeness (QED) is 0.0928. The average Bonchev–Trinajstić information content (AvgIpc) is 3.01. The third kappa shape index (κ3) is 13.4. The molecule has 4 unspecified atom stereocenters. The largest absolute Gasteiger partial charge is 0.491 e. The highest BCUT2D eigenvalue weighted by molar-refractivity contribution is 6.09. The lowest BCUT2D eigenvalue weighted by molar-refractivity contribution is 0.103. The molecule has 5 heteroatoms. The fourth-order valence-corrected chi connectivity index (χ4v) is 5.09. The molecule has 0 N–H and O–H groups in total. The molecule has 2 aromatic rings. The topological polar surface area (TPSA) is 54.0 Å². The van der Waals surface area contributed by atoms with Gasteiger partial charge in [0.1, 0.15) is 11.5 Å². The maximum Gasteiger partial charge on any atom is 0.189 e. The van der Waals surface area contributed by atoms with Crippen molar-refractivity contribution in [2.24, 2.45) is 0 Å². The van der Waals surface area contributed by atoms with Crippen LogP contribution in [0.4, 0.5) is 0 Å². The fraction of sp³-hybridized carbons (Fsp3) is 0.615. The van der Waals surface area contributed by atoms with E-state index >= 15 is 0 Å². The molecule has 0 aliphatic rings. The number of allylic oxidation sites excluding steroid dienone is 1. The zero-order valence-corrected chi connectivity index (χ0v) is 29.0. The molecule has 246 valence electrons. The summed E-state index contributed by atoms with van der Waals surface area (Å²) in [6, 6.07) is 11.5. The predicted molar refractivity (Wildman–Crippen MR) is 185 cm³/mol. The van der Waals surface area contributed by atoms with E-state index in [0.29, 0.717) is 17.1 Å². The molecule has 2 aromatic carbocycles. The van der Waals surface area contributed by atoms with Gasteiger partial charge in [0, 0.05) is 5.56 Å². The van der Waals surface area contributed by atoms with Gasteiger partial charge in [-0.05, 0) is 95.9 Å². The Morgan fingerprint density at radius 3 is 1.68 bits per heavy atom.